The van der Waals surface area contributed by atoms with E-state index in [1.165, 1.54) is 10.9 Å². The number of aryl methyl sites for hydroxylation is 1. The average molecular weight is 194 g/mol. The van der Waals surface area contributed by atoms with Crippen LogP contribution in [0.25, 0.3) is 10.8 Å². The van der Waals surface area contributed by atoms with Crippen molar-refractivity contribution in [3.05, 3.63) is 42.0 Å². The Bertz CT molecular complexity index is 383. The Balaban J connectivity index is 0.000000845. The van der Waals surface area contributed by atoms with Gasteiger partial charge in [0.2, 0.25) is 0 Å². The van der Waals surface area contributed by atoms with E-state index in [1.54, 1.807) is 0 Å². The highest BCUT2D eigenvalue weighted by Crippen LogP contribution is 2.23. The number of fused-ring (bicyclic) bond motifs is 1. The van der Waals surface area contributed by atoms with Gasteiger partial charge in [0, 0.05) is 11.1 Å². The lowest BCUT2D eigenvalue weighted by Crippen LogP contribution is -1.87. The molecule has 0 atom stereocenters. The van der Waals surface area contributed by atoms with Crippen molar-refractivity contribution < 1.29 is 0 Å². The Labute approximate surface area is 84.0 Å². The summed E-state index contributed by atoms with van der Waals surface area (Å²) in [4.78, 5) is 0. The second-order valence-corrected chi connectivity index (χ2v) is 3.02. The lowest BCUT2D eigenvalue weighted by Gasteiger charge is -2.03. The number of nitrogens with two attached hydrogens (primary N) is 1. The first-order chi connectivity index (χ1) is 5.79. The fraction of sp³-hybridized carbons (Fsp3) is 0.0909. The summed E-state index contributed by atoms with van der Waals surface area (Å²) in [5, 5.41) is 2.40. The summed E-state index contributed by atoms with van der Waals surface area (Å²) < 4.78 is 0. The smallest absolute Gasteiger partial charge is 0.0393 e. The number of nitrogen functional groups attached to an aromatic ring is 1. The van der Waals surface area contributed by atoms with Crippen LogP contribution in [0.3, 0.4) is 0 Å². The molecule has 0 aromatic heterocycles. The molecule has 1 nitrogen and oxygen atoms in total. The average Bonchev–Trinajstić information content (AvgIpc) is 2.12. The van der Waals surface area contributed by atoms with Crippen LogP contribution < -0.4 is 5.73 Å². The minimum absolute atomic E-state index is 0. The van der Waals surface area contributed by atoms with E-state index >= 15 is 0 Å². The Morgan fingerprint density at radius 3 is 2.15 bits per heavy atom. The molecule has 2 N–H and O–H groups in total. The molecule has 0 unspecified atom stereocenters. The lowest BCUT2D eigenvalue weighted by atomic mass is 10.0. The number of benzene rings is 2. The summed E-state index contributed by atoms with van der Waals surface area (Å²) in [7, 11) is 0. The van der Waals surface area contributed by atoms with E-state index in [1.807, 2.05) is 18.2 Å². The first kappa shape index (κ1) is 9.87. The molecule has 0 aliphatic heterocycles. The molecule has 0 bridgehead atoms. The van der Waals surface area contributed by atoms with Gasteiger partial charge in [-0.2, -0.15) is 0 Å². The molecular formula is C11H12ClN. The Morgan fingerprint density at radius 1 is 0.923 bits per heavy atom. The molecule has 0 amide bonds. The predicted molar refractivity (Wildman–Crippen MR) is 60.3 cm³/mol. The van der Waals surface area contributed by atoms with Gasteiger partial charge in [-0.25, -0.2) is 0 Å². The van der Waals surface area contributed by atoms with Crippen LogP contribution in [0, 0.1) is 6.92 Å². The molecule has 2 heteroatoms. The predicted octanol–water partition coefficient (Wildman–Crippen LogP) is 3.15. The van der Waals surface area contributed by atoms with Crippen molar-refractivity contribution >= 4 is 28.9 Å². The maximum atomic E-state index is 5.83. The molecule has 13 heavy (non-hydrogen) atoms. The standard InChI is InChI=1S/C11H11N.ClH/c1-8-6-7-11(12)10-5-3-2-4-9(8)10;/h2-7H,12H2,1H3;1H. The summed E-state index contributed by atoms with van der Waals surface area (Å²) in [6.45, 7) is 2.10. The SMILES string of the molecule is Cc1ccc(N)c2ccccc12.Cl. The van der Waals surface area contributed by atoms with Gasteiger partial charge < -0.3 is 5.73 Å². The van der Waals surface area contributed by atoms with Crippen molar-refractivity contribution in [3.8, 4) is 0 Å². The molecule has 68 valence electrons. The van der Waals surface area contributed by atoms with E-state index in [0.717, 1.165) is 11.1 Å². The van der Waals surface area contributed by atoms with Crippen LogP contribution in [0.2, 0.25) is 0 Å². The number of hydrogen-bond acceptors (Lipinski definition) is 1. The molecule has 2 aromatic rings. The summed E-state index contributed by atoms with van der Waals surface area (Å²) in [6.07, 6.45) is 0. The van der Waals surface area contributed by atoms with Crippen molar-refractivity contribution in [1.82, 2.24) is 0 Å². The normalized spacial score (nSPS) is 9.62. The van der Waals surface area contributed by atoms with E-state index in [0.29, 0.717) is 0 Å². The maximum absolute atomic E-state index is 5.83. The third-order valence-corrected chi connectivity index (χ3v) is 2.18. The minimum atomic E-state index is 0. The van der Waals surface area contributed by atoms with Crippen molar-refractivity contribution in [3.63, 3.8) is 0 Å². The van der Waals surface area contributed by atoms with Crippen LogP contribution in [-0.4, -0.2) is 0 Å². The topological polar surface area (TPSA) is 26.0 Å². The van der Waals surface area contributed by atoms with Crippen LogP contribution in [-0.2, 0) is 0 Å². The van der Waals surface area contributed by atoms with Gasteiger partial charge in [0.25, 0.3) is 0 Å². The van der Waals surface area contributed by atoms with Gasteiger partial charge in [0.15, 0.2) is 0 Å². The number of halogens is 1. The Hall–Kier alpha value is -1.21. The van der Waals surface area contributed by atoms with E-state index in [4.69, 9.17) is 5.73 Å². The molecule has 0 aliphatic carbocycles. The zero-order chi connectivity index (χ0) is 8.55. The van der Waals surface area contributed by atoms with Gasteiger partial charge in [-0.3, -0.25) is 0 Å². The van der Waals surface area contributed by atoms with E-state index in [9.17, 15) is 0 Å². The zero-order valence-electron chi connectivity index (χ0n) is 7.45. The summed E-state index contributed by atoms with van der Waals surface area (Å²) in [5.74, 6) is 0. The largest absolute Gasteiger partial charge is 0.398 e. The fourth-order valence-corrected chi connectivity index (χ4v) is 1.47. The highest BCUT2D eigenvalue weighted by Gasteiger charge is 1.97. The first-order valence-electron chi connectivity index (χ1n) is 4.03. The van der Waals surface area contributed by atoms with E-state index < -0.39 is 0 Å². The summed E-state index contributed by atoms with van der Waals surface area (Å²) >= 11 is 0. The van der Waals surface area contributed by atoms with Crippen LogP contribution in [0.15, 0.2) is 36.4 Å². The van der Waals surface area contributed by atoms with Crippen LogP contribution in [0.1, 0.15) is 5.56 Å². The molecule has 0 fully saturated rings. The molecule has 2 aromatic carbocycles. The third kappa shape index (κ3) is 1.61. The molecule has 0 heterocycles. The van der Waals surface area contributed by atoms with Crippen molar-refractivity contribution in [2.75, 3.05) is 5.73 Å². The first-order valence-corrected chi connectivity index (χ1v) is 4.03. The van der Waals surface area contributed by atoms with Gasteiger partial charge in [-0.05, 0) is 23.9 Å². The molecule has 0 radical (unpaired) electrons. The quantitative estimate of drug-likeness (QED) is 0.640. The van der Waals surface area contributed by atoms with Gasteiger partial charge in [0.1, 0.15) is 0 Å². The molecule has 0 spiro atoms. The maximum Gasteiger partial charge on any atom is 0.0393 e. The van der Waals surface area contributed by atoms with Gasteiger partial charge in [-0.15, -0.1) is 12.4 Å². The Morgan fingerprint density at radius 2 is 1.54 bits per heavy atom. The number of hydrogen-bond donors (Lipinski definition) is 1. The zero-order valence-corrected chi connectivity index (χ0v) is 8.27. The molecule has 0 saturated heterocycles. The van der Waals surface area contributed by atoms with Crippen molar-refractivity contribution in [2.45, 2.75) is 6.92 Å². The second-order valence-electron chi connectivity index (χ2n) is 3.02. The molecular weight excluding hydrogens is 182 g/mol. The Kier molecular flexibility index (Phi) is 2.79. The van der Waals surface area contributed by atoms with E-state index in [-0.39, 0.29) is 12.4 Å². The van der Waals surface area contributed by atoms with Crippen molar-refractivity contribution in [1.29, 1.82) is 0 Å². The van der Waals surface area contributed by atoms with Crippen molar-refractivity contribution in [2.24, 2.45) is 0 Å². The van der Waals surface area contributed by atoms with Gasteiger partial charge >= 0.3 is 0 Å². The van der Waals surface area contributed by atoms with Crippen LogP contribution >= 0.6 is 12.4 Å². The second kappa shape index (κ2) is 3.67. The molecule has 0 aliphatic rings. The molecule has 2 rings (SSSR count). The highest BCUT2D eigenvalue weighted by atomic mass is 35.5. The van der Waals surface area contributed by atoms with Crippen LogP contribution in [0.5, 0.6) is 0 Å². The van der Waals surface area contributed by atoms with E-state index in [2.05, 4.69) is 25.1 Å². The summed E-state index contributed by atoms with van der Waals surface area (Å²) in [5.41, 5.74) is 7.96. The number of anilines is 1. The summed E-state index contributed by atoms with van der Waals surface area (Å²) in [6, 6.07) is 12.2. The molecule has 0 saturated carbocycles. The third-order valence-electron chi connectivity index (χ3n) is 2.18. The van der Waals surface area contributed by atoms with Gasteiger partial charge in [-0.1, -0.05) is 30.3 Å². The highest BCUT2D eigenvalue weighted by molar-refractivity contribution is 5.94. The van der Waals surface area contributed by atoms with Crippen LogP contribution in [0.4, 0.5) is 5.69 Å². The number of rotatable bonds is 0. The fourth-order valence-electron chi connectivity index (χ4n) is 1.47. The lowest BCUT2D eigenvalue weighted by molar-refractivity contribution is 1.53. The monoisotopic (exact) mass is 193 g/mol. The minimum Gasteiger partial charge on any atom is -0.398 e. The van der Waals surface area contributed by atoms with Gasteiger partial charge in [0.05, 0.1) is 0 Å².